The van der Waals surface area contributed by atoms with E-state index in [1.807, 2.05) is 18.2 Å². The number of ether oxygens (including phenoxy) is 1. The van der Waals surface area contributed by atoms with E-state index in [0.29, 0.717) is 16.9 Å². The van der Waals surface area contributed by atoms with E-state index in [1.165, 1.54) is 12.0 Å². The SMILES string of the molecule is COC(=O)[C@H](Cc1ccc(NC(=O)c2c(Cl)cccc2Cl)cc1)NC(=O)Nc1ccccc1C(=O)N(C)c1ccccc1. The number of esters is 1. The Morgan fingerprint density at radius 2 is 1.42 bits per heavy atom. The van der Waals surface area contributed by atoms with Crippen molar-refractivity contribution in [3.63, 3.8) is 0 Å². The van der Waals surface area contributed by atoms with Crippen molar-refractivity contribution in [1.82, 2.24) is 5.32 Å². The number of nitrogens with one attached hydrogen (secondary N) is 3. The van der Waals surface area contributed by atoms with Gasteiger partial charge in [0.1, 0.15) is 6.04 Å². The number of methoxy groups -OCH3 is 1. The Balaban J connectivity index is 1.42. The molecule has 0 aliphatic carbocycles. The van der Waals surface area contributed by atoms with E-state index in [2.05, 4.69) is 16.0 Å². The van der Waals surface area contributed by atoms with Crippen molar-refractivity contribution >= 4 is 64.1 Å². The molecule has 0 spiro atoms. The molecule has 1 atom stereocenters. The fourth-order valence-corrected chi connectivity index (χ4v) is 4.82. The minimum atomic E-state index is -1.04. The van der Waals surface area contributed by atoms with Crippen LogP contribution < -0.4 is 20.9 Å². The Kier molecular flexibility index (Phi) is 10.4. The van der Waals surface area contributed by atoms with Crippen molar-refractivity contribution in [1.29, 1.82) is 0 Å². The van der Waals surface area contributed by atoms with Gasteiger partial charge in [0.15, 0.2) is 0 Å². The van der Waals surface area contributed by atoms with Crippen LogP contribution in [0.5, 0.6) is 0 Å². The van der Waals surface area contributed by atoms with Crippen molar-refractivity contribution < 1.29 is 23.9 Å². The third kappa shape index (κ3) is 7.91. The van der Waals surface area contributed by atoms with Gasteiger partial charge < -0.3 is 25.6 Å². The van der Waals surface area contributed by atoms with Crippen molar-refractivity contribution in [3.05, 3.63) is 124 Å². The van der Waals surface area contributed by atoms with Crippen LogP contribution in [0.3, 0.4) is 0 Å². The Morgan fingerprint density at radius 1 is 0.791 bits per heavy atom. The lowest BCUT2D eigenvalue weighted by atomic mass is 10.1. The molecule has 0 fully saturated rings. The number of nitrogens with zero attached hydrogens (tertiary/aromatic N) is 1. The van der Waals surface area contributed by atoms with Crippen LogP contribution in [-0.2, 0) is 16.0 Å². The Bertz CT molecular complexity index is 1610. The fourth-order valence-electron chi connectivity index (χ4n) is 4.25. The maximum Gasteiger partial charge on any atom is 0.328 e. The summed E-state index contributed by atoms with van der Waals surface area (Å²) < 4.78 is 4.90. The van der Waals surface area contributed by atoms with Gasteiger partial charge in [-0.05, 0) is 54.1 Å². The number of hydrogen-bond donors (Lipinski definition) is 3. The number of urea groups is 1. The number of carbonyl (C=O) groups is 4. The second kappa shape index (κ2) is 14.4. The summed E-state index contributed by atoms with van der Waals surface area (Å²) >= 11 is 12.2. The molecule has 43 heavy (non-hydrogen) atoms. The molecule has 0 aliphatic rings. The van der Waals surface area contributed by atoms with E-state index in [4.69, 9.17) is 27.9 Å². The zero-order valence-corrected chi connectivity index (χ0v) is 24.8. The third-order valence-corrected chi connectivity index (χ3v) is 7.12. The molecule has 0 bridgehead atoms. The number of anilines is 3. The zero-order valence-electron chi connectivity index (χ0n) is 23.3. The summed E-state index contributed by atoms with van der Waals surface area (Å²) in [5.74, 6) is -1.45. The number of halogens is 2. The lowest BCUT2D eigenvalue weighted by Crippen LogP contribution is -2.45. The van der Waals surface area contributed by atoms with E-state index >= 15 is 0 Å². The minimum Gasteiger partial charge on any atom is -0.467 e. The minimum absolute atomic E-state index is 0.0992. The van der Waals surface area contributed by atoms with Crippen molar-refractivity contribution in [2.75, 3.05) is 29.7 Å². The summed E-state index contributed by atoms with van der Waals surface area (Å²) in [6.07, 6.45) is 0.0992. The first-order valence-electron chi connectivity index (χ1n) is 13.1. The highest BCUT2D eigenvalue weighted by molar-refractivity contribution is 6.40. The van der Waals surface area contributed by atoms with Crippen molar-refractivity contribution in [2.45, 2.75) is 12.5 Å². The molecular formula is C32H28Cl2N4O5. The van der Waals surface area contributed by atoms with Crippen LogP contribution in [0.1, 0.15) is 26.3 Å². The monoisotopic (exact) mass is 618 g/mol. The lowest BCUT2D eigenvalue weighted by molar-refractivity contribution is -0.142. The molecule has 11 heteroatoms. The van der Waals surface area contributed by atoms with E-state index < -0.39 is 23.9 Å². The summed E-state index contributed by atoms with van der Waals surface area (Å²) in [5.41, 5.74) is 2.56. The first-order valence-corrected chi connectivity index (χ1v) is 13.8. The maximum absolute atomic E-state index is 13.2. The first kappa shape index (κ1) is 31.1. The van der Waals surface area contributed by atoms with Gasteiger partial charge in [0.25, 0.3) is 11.8 Å². The zero-order chi connectivity index (χ0) is 30.9. The van der Waals surface area contributed by atoms with E-state index in [9.17, 15) is 19.2 Å². The number of amides is 4. The average Bonchev–Trinajstić information content (AvgIpc) is 3.01. The van der Waals surface area contributed by atoms with Gasteiger partial charge in [0.05, 0.1) is 34.0 Å². The molecule has 220 valence electrons. The smallest absolute Gasteiger partial charge is 0.328 e. The average molecular weight is 620 g/mol. The highest BCUT2D eigenvalue weighted by Gasteiger charge is 2.24. The molecule has 4 rings (SSSR count). The van der Waals surface area contributed by atoms with Gasteiger partial charge in [-0.3, -0.25) is 9.59 Å². The van der Waals surface area contributed by atoms with Gasteiger partial charge in [-0.2, -0.15) is 0 Å². The van der Waals surface area contributed by atoms with Crippen LogP contribution in [0.15, 0.2) is 97.1 Å². The van der Waals surface area contributed by atoms with Gasteiger partial charge in [0.2, 0.25) is 0 Å². The Morgan fingerprint density at radius 3 is 2.07 bits per heavy atom. The van der Waals surface area contributed by atoms with Gasteiger partial charge in [-0.15, -0.1) is 0 Å². The Hall–Kier alpha value is -4.86. The summed E-state index contributed by atoms with van der Waals surface area (Å²) in [6.45, 7) is 0. The summed E-state index contributed by atoms with van der Waals surface area (Å²) in [6, 6.07) is 25.4. The normalized spacial score (nSPS) is 11.2. The molecular weight excluding hydrogens is 591 g/mol. The molecule has 0 heterocycles. The predicted molar refractivity (Wildman–Crippen MR) is 168 cm³/mol. The fraction of sp³-hybridized carbons (Fsp3) is 0.125. The highest BCUT2D eigenvalue weighted by Crippen LogP contribution is 2.26. The van der Waals surface area contributed by atoms with Crippen molar-refractivity contribution in [2.24, 2.45) is 0 Å². The summed E-state index contributed by atoms with van der Waals surface area (Å²) in [7, 11) is 2.87. The molecule has 0 unspecified atom stereocenters. The van der Waals surface area contributed by atoms with Crippen LogP contribution in [0.25, 0.3) is 0 Å². The molecule has 3 N–H and O–H groups in total. The quantitative estimate of drug-likeness (QED) is 0.187. The number of benzene rings is 4. The number of rotatable bonds is 9. The first-order chi connectivity index (χ1) is 20.7. The molecule has 0 saturated heterocycles. The molecule has 4 amide bonds. The maximum atomic E-state index is 13.2. The predicted octanol–water partition coefficient (Wildman–Crippen LogP) is 6.43. The molecule has 0 aliphatic heterocycles. The molecule has 0 aromatic heterocycles. The van der Waals surface area contributed by atoms with E-state index in [0.717, 1.165) is 0 Å². The van der Waals surface area contributed by atoms with Gasteiger partial charge >= 0.3 is 12.0 Å². The Labute approximate surface area is 258 Å². The second-order valence-corrected chi connectivity index (χ2v) is 10.2. The second-order valence-electron chi connectivity index (χ2n) is 9.37. The topological polar surface area (TPSA) is 117 Å². The molecule has 0 saturated carbocycles. The summed E-state index contributed by atoms with van der Waals surface area (Å²) in [5, 5.41) is 8.48. The molecule has 9 nitrogen and oxygen atoms in total. The van der Waals surface area contributed by atoms with E-state index in [1.54, 1.807) is 85.9 Å². The lowest BCUT2D eigenvalue weighted by Gasteiger charge is -2.20. The van der Waals surface area contributed by atoms with Crippen LogP contribution >= 0.6 is 23.2 Å². The van der Waals surface area contributed by atoms with Gasteiger partial charge in [0, 0.05) is 24.8 Å². The van der Waals surface area contributed by atoms with Gasteiger partial charge in [-0.25, -0.2) is 9.59 Å². The highest BCUT2D eigenvalue weighted by atomic mass is 35.5. The third-order valence-electron chi connectivity index (χ3n) is 6.49. The standard InChI is InChI=1S/C32H28Cl2N4O5/c1-38(22-9-4-3-5-10-22)30(40)23-11-6-7-14-26(23)36-32(42)37-27(31(41)43-2)19-20-15-17-21(18-16-20)35-29(39)28-24(33)12-8-13-25(28)34/h3-18,27H,19H2,1-2H3,(H,35,39)(H2,36,37,42)/t27-/m0/s1. The van der Waals surface area contributed by atoms with Crippen LogP contribution in [-0.4, -0.2) is 44.0 Å². The van der Waals surface area contributed by atoms with Crippen molar-refractivity contribution in [3.8, 4) is 0 Å². The number of hydrogen-bond acceptors (Lipinski definition) is 5. The van der Waals surface area contributed by atoms with E-state index in [-0.39, 0.29) is 39.2 Å². The van der Waals surface area contributed by atoms with Crippen LogP contribution in [0, 0.1) is 0 Å². The van der Waals surface area contributed by atoms with Gasteiger partial charge in [-0.1, -0.05) is 71.7 Å². The van der Waals surface area contributed by atoms with Crippen LogP contribution in [0.4, 0.5) is 21.9 Å². The largest absolute Gasteiger partial charge is 0.467 e. The summed E-state index contributed by atoms with van der Waals surface area (Å²) in [4.78, 5) is 52.9. The molecule has 0 radical (unpaired) electrons. The number of carbonyl (C=O) groups excluding carboxylic acids is 4. The number of para-hydroxylation sites is 2. The molecule has 4 aromatic rings. The van der Waals surface area contributed by atoms with Crippen LogP contribution in [0.2, 0.25) is 10.0 Å². The molecule has 4 aromatic carbocycles.